The summed E-state index contributed by atoms with van der Waals surface area (Å²) in [7, 11) is 2.15. The summed E-state index contributed by atoms with van der Waals surface area (Å²) in [5, 5.41) is 0. The number of carbonyl (C=O) groups excluding carboxylic acids is 1. The molecule has 0 N–H and O–H groups in total. The van der Waals surface area contributed by atoms with E-state index in [4.69, 9.17) is 0 Å². The molecule has 0 aliphatic heterocycles. The predicted octanol–water partition coefficient (Wildman–Crippen LogP) is 3.11. The van der Waals surface area contributed by atoms with Crippen LogP contribution in [0.2, 0.25) is 0 Å². The fraction of sp³-hybridized carbons (Fsp3) is 0.929. The Bertz CT molecular complexity index is 247. The maximum Gasteiger partial charge on any atom is 0.137 e. The van der Waals surface area contributed by atoms with Crippen LogP contribution in [0, 0.1) is 11.8 Å². The summed E-state index contributed by atoms with van der Waals surface area (Å²) in [6, 6.07) is 0. The molecule has 0 saturated heterocycles. The summed E-state index contributed by atoms with van der Waals surface area (Å²) in [5.74, 6) is 1.48. The number of Topliss-reactive ketones (excluding diaryl/α,β-unsaturated/α-hetero) is 1. The van der Waals surface area contributed by atoms with E-state index in [1.807, 2.05) is 0 Å². The molecule has 2 unspecified atom stereocenters. The topological polar surface area (TPSA) is 20.3 Å². The van der Waals surface area contributed by atoms with Gasteiger partial charge in [-0.05, 0) is 46.1 Å². The van der Waals surface area contributed by atoms with Crippen molar-refractivity contribution in [2.24, 2.45) is 11.8 Å². The molecule has 0 radical (unpaired) electrons. The maximum atomic E-state index is 11.9. The summed E-state index contributed by atoms with van der Waals surface area (Å²) < 4.78 is 0. The van der Waals surface area contributed by atoms with Crippen molar-refractivity contribution in [3.63, 3.8) is 0 Å². The molecule has 0 spiro atoms. The van der Waals surface area contributed by atoms with Gasteiger partial charge in [0.2, 0.25) is 0 Å². The van der Waals surface area contributed by atoms with Gasteiger partial charge in [-0.1, -0.05) is 13.8 Å². The van der Waals surface area contributed by atoms with Gasteiger partial charge in [-0.2, -0.15) is 0 Å². The molecule has 1 aliphatic rings. The summed E-state index contributed by atoms with van der Waals surface area (Å²) in [5.41, 5.74) is 0.209. The first kappa shape index (κ1) is 13.7. The zero-order chi connectivity index (χ0) is 12.3. The van der Waals surface area contributed by atoms with Crippen LogP contribution in [0.5, 0.6) is 0 Å². The molecule has 0 heterocycles. The Morgan fingerprint density at radius 2 is 2.06 bits per heavy atom. The molecule has 94 valence electrons. The van der Waals surface area contributed by atoms with Crippen LogP contribution >= 0.6 is 0 Å². The molecule has 2 nitrogen and oxygen atoms in total. The average molecular weight is 225 g/mol. The van der Waals surface area contributed by atoms with Gasteiger partial charge in [0.1, 0.15) is 5.78 Å². The van der Waals surface area contributed by atoms with Crippen molar-refractivity contribution in [3.8, 4) is 0 Å². The van der Waals surface area contributed by atoms with E-state index in [9.17, 15) is 4.79 Å². The van der Waals surface area contributed by atoms with Crippen LogP contribution in [-0.2, 0) is 4.79 Å². The molecule has 1 rings (SSSR count). The lowest BCUT2D eigenvalue weighted by Gasteiger charge is -2.38. The lowest BCUT2D eigenvalue weighted by Crippen LogP contribution is -2.45. The summed E-state index contributed by atoms with van der Waals surface area (Å²) in [6.45, 7) is 9.92. The number of hydrogen-bond acceptors (Lipinski definition) is 2. The maximum absolute atomic E-state index is 11.9. The van der Waals surface area contributed by atoms with Crippen LogP contribution in [0.4, 0.5) is 0 Å². The minimum Gasteiger partial charge on any atom is -0.301 e. The van der Waals surface area contributed by atoms with Crippen LogP contribution in [0.1, 0.15) is 53.4 Å². The van der Waals surface area contributed by atoms with E-state index in [-0.39, 0.29) is 11.5 Å². The highest BCUT2D eigenvalue weighted by atomic mass is 16.1. The van der Waals surface area contributed by atoms with E-state index in [0.29, 0.717) is 5.78 Å². The predicted molar refractivity (Wildman–Crippen MR) is 68.5 cm³/mol. The third kappa shape index (κ3) is 3.31. The fourth-order valence-electron chi connectivity index (χ4n) is 2.35. The molecular formula is C14H27NO. The van der Waals surface area contributed by atoms with Gasteiger partial charge in [0.15, 0.2) is 0 Å². The van der Waals surface area contributed by atoms with E-state index < -0.39 is 0 Å². The molecule has 1 fully saturated rings. The number of nitrogens with zero attached hydrogens (tertiary/aromatic N) is 1. The average Bonchev–Trinajstić information content (AvgIpc) is 2.23. The third-order valence-electron chi connectivity index (χ3n) is 4.42. The van der Waals surface area contributed by atoms with E-state index in [0.717, 1.165) is 38.1 Å². The van der Waals surface area contributed by atoms with Crippen molar-refractivity contribution in [1.29, 1.82) is 0 Å². The van der Waals surface area contributed by atoms with Crippen molar-refractivity contribution >= 4 is 5.78 Å². The zero-order valence-electron chi connectivity index (χ0n) is 11.5. The first-order valence-corrected chi connectivity index (χ1v) is 6.60. The van der Waals surface area contributed by atoms with Gasteiger partial charge in [-0.25, -0.2) is 0 Å². The van der Waals surface area contributed by atoms with E-state index in [1.54, 1.807) is 0 Å². The standard InChI is InChI=1S/C14H27NO/c1-6-14(3,4)15(5)10-12-9-11(2)7-8-13(12)16/h11-12H,6-10H2,1-5H3. The van der Waals surface area contributed by atoms with Crippen LogP contribution in [-0.4, -0.2) is 29.8 Å². The van der Waals surface area contributed by atoms with E-state index >= 15 is 0 Å². The number of carbonyl (C=O) groups is 1. The second-order valence-corrected chi connectivity index (χ2v) is 6.09. The molecule has 0 aromatic heterocycles. The number of ketones is 1. The highest BCUT2D eigenvalue weighted by Gasteiger charge is 2.30. The van der Waals surface area contributed by atoms with Crippen molar-refractivity contribution in [2.75, 3.05) is 13.6 Å². The van der Waals surface area contributed by atoms with Crippen molar-refractivity contribution in [2.45, 2.75) is 58.9 Å². The van der Waals surface area contributed by atoms with E-state index in [1.165, 1.54) is 0 Å². The highest BCUT2D eigenvalue weighted by molar-refractivity contribution is 5.81. The molecule has 0 amide bonds. The van der Waals surface area contributed by atoms with Gasteiger partial charge >= 0.3 is 0 Å². The van der Waals surface area contributed by atoms with Gasteiger partial charge in [0.05, 0.1) is 0 Å². The minimum atomic E-state index is 0.209. The summed E-state index contributed by atoms with van der Waals surface area (Å²) in [4.78, 5) is 14.2. The molecule has 2 heteroatoms. The summed E-state index contributed by atoms with van der Waals surface area (Å²) in [6.07, 6.45) is 4.10. The Morgan fingerprint density at radius 3 is 2.62 bits per heavy atom. The largest absolute Gasteiger partial charge is 0.301 e. The molecular weight excluding hydrogens is 198 g/mol. The van der Waals surface area contributed by atoms with Crippen LogP contribution in [0.25, 0.3) is 0 Å². The van der Waals surface area contributed by atoms with Gasteiger partial charge in [-0.15, -0.1) is 0 Å². The van der Waals surface area contributed by atoms with Gasteiger partial charge in [0.25, 0.3) is 0 Å². The Balaban J connectivity index is 2.55. The molecule has 0 bridgehead atoms. The van der Waals surface area contributed by atoms with Crippen molar-refractivity contribution < 1.29 is 4.79 Å². The smallest absolute Gasteiger partial charge is 0.137 e. The number of hydrogen-bond donors (Lipinski definition) is 0. The monoisotopic (exact) mass is 225 g/mol. The molecule has 1 saturated carbocycles. The van der Waals surface area contributed by atoms with Gasteiger partial charge < -0.3 is 4.90 Å². The van der Waals surface area contributed by atoms with Crippen LogP contribution < -0.4 is 0 Å². The van der Waals surface area contributed by atoms with Gasteiger partial charge in [0, 0.05) is 24.4 Å². The van der Waals surface area contributed by atoms with Crippen molar-refractivity contribution in [1.82, 2.24) is 4.90 Å². The first-order chi connectivity index (χ1) is 7.36. The minimum absolute atomic E-state index is 0.209. The fourth-order valence-corrected chi connectivity index (χ4v) is 2.35. The Hall–Kier alpha value is -0.370. The lowest BCUT2D eigenvalue weighted by molar-refractivity contribution is -0.126. The lowest BCUT2D eigenvalue weighted by atomic mass is 9.80. The third-order valence-corrected chi connectivity index (χ3v) is 4.42. The van der Waals surface area contributed by atoms with Crippen LogP contribution in [0.3, 0.4) is 0 Å². The Labute approximate surface area is 100 Å². The molecule has 0 aromatic carbocycles. The Kier molecular flexibility index (Phi) is 4.54. The quantitative estimate of drug-likeness (QED) is 0.732. The number of rotatable bonds is 4. The Morgan fingerprint density at radius 1 is 1.44 bits per heavy atom. The van der Waals surface area contributed by atoms with Crippen LogP contribution in [0.15, 0.2) is 0 Å². The molecule has 0 aromatic rings. The highest BCUT2D eigenvalue weighted by Crippen LogP contribution is 2.28. The SMILES string of the molecule is CCC(C)(C)N(C)CC1CC(C)CCC1=O. The van der Waals surface area contributed by atoms with Crippen molar-refractivity contribution in [3.05, 3.63) is 0 Å². The molecule has 2 atom stereocenters. The summed E-state index contributed by atoms with van der Waals surface area (Å²) >= 11 is 0. The molecule has 1 aliphatic carbocycles. The molecule has 16 heavy (non-hydrogen) atoms. The second kappa shape index (κ2) is 5.31. The first-order valence-electron chi connectivity index (χ1n) is 6.60. The second-order valence-electron chi connectivity index (χ2n) is 6.09. The van der Waals surface area contributed by atoms with E-state index in [2.05, 4.69) is 39.6 Å². The zero-order valence-corrected chi connectivity index (χ0v) is 11.5. The normalized spacial score (nSPS) is 27.5. The van der Waals surface area contributed by atoms with Gasteiger partial charge in [-0.3, -0.25) is 4.79 Å².